The molecule has 1 aromatic rings. The molecule has 60 valence electrons. The summed E-state index contributed by atoms with van der Waals surface area (Å²) in [6.07, 6.45) is 3.22. The van der Waals surface area contributed by atoms with E-state index in [-0.39, 0.29) is 0 Å². The third-order valence-corrected chi connectivity index (χ3v) is 1.41. The molecule has 0 saturated heterocycles. The van der Waals surface area contributed by atoms with Gasteiger partial charge in [0, 0.05) is 6.42 Å². The molecule has 1 aromatic heterocycles. The van der Waals surface area contributed by atoms with Crippen molar-refractivity contribution in [2.45, 2.75) is 13.3 Å². The van der Waals surface area contributed by atoms with Crippen molar-refractivity contribution in [3.63, 3.8) is 0 Å². The third-order valence-electron chi connectivity index (χ3n) is 1.41. The van der Waals surface area contributed by atoms with Crippen LogP contribution < -0.4 is 0 Å². The van der Waals surface area contributed by atoms with Crippen LogP contribution in [-0.2, 0) is 11.2 Å². The van der Waals surface area contributed by atoms with Crippen LogP contribution in [0.25, 0.3) is 0 Å². The smallest absolute Gasteiger partial charge is 0.306 e. The highest BCUT2D eigenvalue weighted by molar-refractivity contribution is 5.69. The molecule has 0 saturated carbocycles. The van der Waals surface area contributed by atoms with Crippen molar-refractivity contribution in [1.82, 2.24) is 4.98 Å². The topological polar surface area (TPSA) is 63.3 Å². The van der Waals surface area contributed by atoms with E-state index in [2.05, 4.69) is 4.98 Å². The number of nitrogens with zero attached hydrogens (tertiary/aromatic N) is 1. The molecule has 0 aromatic carbocycles. The van der Waals surface area contributed by atoms with Crippen LogP contribution in [0.1, 0.15) is 12.7 Å². The molecular formula is C7H9NO3. The molecule has 1 atom stereocenters. The van der Waals surface area contributed by atoms with Gasteiger partial charge in [0.2, 0.25) is 0 Å². The molecule has 0 bridgehead atoms. The monoisotopic (exact) mass is 155 g/mol. The number of aliphatic carboxylic acids is 1. The van der Waals surface area contributed by atoms with E-state index in [1.807, 2.05) is 0 Å². The van der Waals surface area contributed by atoms with Crippen LogP contribution in [0.5, 0.6) is 0 Å². The van der Waals surface area contributed by atoms with Gasteiger partial charge >= 0.3 is 5.97 Å². The van der Waals surface area contributed by atoms with E-state index in [1.165, 1.54) is 12.6 Å². The predicted octanol–water partition coefficient (Wildman–Crippen LogP) is 0.938. The maximum atomic E-state index is 10.4. The molecular weight excluding hydrogens is 146 g/mol. The first-order chi connectivity index (χ1) is 5.20. The standard InChI is InChI=1S/C7H9NO3/c1-5(7(9)10)2-6-3-8-4-11-6/h3-5H,2H2,1H3,(H,9,10)/t5-/m0/s1. The largest absolute Gasteiger partial charge is 0.481 e. The summed E-state index contributed by atoms with van der Waals surface area (Å²) in [6, 6.07) is 0. The molecule has 0 aliphatic heterocycles. The quantitative estimate of drug-likeness (QED) is 0.705. The molecule has 4 heteroatoms. The average Bonchev–Trinajstić information content (AvgIpc) is 2.39. The Labute approximate surface area is 63.9 Å². The van der Waals surface area contributed by atoms with E-state index < -0.39 is 11.9 Å². The second kappa shape index (κ2) is 3.18. The summed E-state index contributed by atoms with van der Waals surface area (Å²) in [5.74, 6) is -0.621. The fourth-order valence-corrected chi connectivity index (χ4v) is 0.732. The highest BCUT2D eigenvalue weighted by Crippen LogP contribution is 2.06. The van der Waals surface area contributed by atoms with Gasteiger partial charge in [-0.2, -0.15) is 0 Å². The molecule has 11 heavy (non-hydrogen) atoms. The summed E-state index contributed by atoms with van der Waals surface area (Å²) >= 11 is 0. The first kappa shape index (κ1) is 7.78. The molecule has 4 nitrogen and oxygen atoms in total. The Balaban J connectivity index is 2.50. The van der Waals surface area contributed by atoms with Crippen LogP contribution in [0.15, 0.2) is 17.0 Å². The Morgan fingerprint density at radius 1 is 1.91 bits per heavy atom. The van der Waals surface area contributed by atoms with Gasteiger partial charge in [-0.15, -0.1) is 0 Å². The summed E-state index contributed by atoms with van der Waals surface area (Å²) < 4.78 is 4.88. The van der Waals surface area contributed by atoms with Crippen molar-refractivity contribution < 1.29 is 14.3 Å². The average molecular weight is 155 g/mol. The number of rotatable bonds is 3. The van der Waals surface area contributed by atoms with Crippen LogP contribution in [0.3, 0.4) is 0 Å². The SMILES string of the molecule is C[C@@H](Cc1cnco1)C(=O)O. The molecule has 1 N–H and O–H groups in total. The number of carboxylic acids is 1. The summed E-state index contributed by atoms with van der Waals surface area (Å²) in [5.41, 5.74) is 0. The van der Waals surface area contributed by atoms with Crippen LogP contribution in [0.2, 0.25) is 0 Å². The van der Waals surface area contributed by atoms with Crippen LogP contribution in [0, 0.1) is 5.92 Å². The zero-order chi connectivity index (χ0) is 8.27. The van der Waals surface area contributed by atoms with Crippen LogP contribution >= 0.6 is 0 Å². The van der Waals surface area contributed by atoms with Gasteiger partial charge in [0.05, 0.1) is 12.1 Å². The van der Waals surface area contributed by atoms with Gasteiger partial charge in [-0.25, -0.2) is 4.98 Å². The second-order valence-electron chi connectivity index (χ2n) is 2.41. The summed E-state index contributed by atoms with van der Waals surface area (Å²) in [7, 11) is 0. The zero-order valence-corrected chi connectivity index (χ0v) is 6.15. The molecule has 0 unspecified atom stereocenters. The van der Waals surface area contributed by atoms with E-state index in [4.69, 9.17) is 9.52 Å². The Morgan fingerprint density at radius 3 is 3.09 bits per heavy atom. The van der Waals surface area contributed by atoms with Gasteiger partial charge in [-0.05, 0) is 0 Å². The van der Waals surface area contributed by atoms with Gasteiger partial charge in [-0.3, -0.25) is 4.79 Å². The highest BCUT2D eigenvalue weighted by atomic mass is 16.4. The first-order valence-corrected chi connectivity index (χ1v) is 3.30. The molecule has 0 fully saturated rings. The minimum atomic E-state index is -0.818. The Bertz CT molecular complexity index is 230. The van der Waals surface area contributed by atoms with Crippen molar-refractivity contribution in [3.05, 3.63) is 18.4 Å². The number of hydrogen-bond acceptors (Lipinski definition) is 3. The van der Waals surface area contributed by atoms with Gasteiger partial charge in [0.25, 0.3) is 0 Å². The molecule has 0 aliphatic carbocycles. The number of aromatic nitrogens is 1. The lowest BCUT2D eigenvalue weighted by atomic mass is 10.1. The number of carbonyl (C=O) groups is 1. The first-order valence-electron chi connectivity index (χ1n) is 3.30. The van der Waals surface area contributed by atoms with Crippen molar-refractivity contribution in [2.24, 2.45) is 5.92 Å². The molecule has 0 radical (unpaired) electrons. The normalized spacial score (nSPS) is 12.8. The predicted molar refractivity (Wildman–Crippen MR) is 37.0 cm³/mol. The summed E-state index contributed by atoms with van der Waals surface area (Å²) in [6.45, 7) is 1.63. The Hall–Kier alpha value is -1.32. The van der Waals surface area contributed by atoms with E-state index in [0.717, 1.165) is 0 Å². The van der Waals surface area contributed by atoms with E-state index in [0.29, 0.717) is 12.2 Å². The highest BCUT2D eigenvalue weighted by Gasteiger charge is 2.12. The lowest BCUT2D eigenvalue weighted by molar-refractivity contribution is -0.141. The molecule has 0 spiro atoms. The van der Waals surface area contributed by atoms with Gasteiger partial charge < -0.3 is 9.52 Å². The molecule has 1 heterocycles. The Kier molecular flexibility index (Phi) is 2.25. The maximum absolute atomic E-state index is 10.4. The van der Waals surface area contributed by atoms with Gasteiger partial charge in [0.1, 0.15) is 5.76 Å². The van der Waals surface area contributed by atoms with Crippen LogP contribution in [0.4, 0.5) is 0 Å². The van der Waals surface area contributed by atoms with Crippen molar-refractivity contribution >= 4 is 5.97 Å². The lowest BCUT2D eigenvalue weighted by Crippen LogP contribution is -2.11. The van der Waals surface area contributed by atoms with Crippen LogP contribution in [-0.4, -0.2) is 16.1 Å². The van der Waals surface area contributed by atoms with Gasteiger partial charge in [0.15, 0.2) is 6.39 Å². The fourth-order valence-electron chi connectivity index (χ4n) is 0.732. The van der Waals surface area contributed by atoms with Gasteiger partial charge in [-0.1, -0.05) is 6.92 Å². The van der Waals surface area contributed by atoms with E-state index >= 15 is 0 Å². The molecule has 0 aliphatic rings. The third kappa shape index (κ3) is 2.07. The lowest BCUT2D eigenvalue weighted by Gasteiger charge is -2.00. The van der Waals surface area contributed by atoms with Crippen molar-refractivity contribution in [1.29, 1.82) is 0 Å². The fraction of sp³-hybridized carbons (Fsp3) is 0.429. The minimum absolute atomic E-state index is 0.398. The molecule has 1 rings (SSSR count). The zero-order valence-electron chi connectivity index (χ0n) is 6.15. The summed E-state index contributed by atoms with van der Waals surface area (Å²) in [5, 5.41) is 8.52. The Morgan fingerprint density at radius 2 is 2.64 bits per heavy atom. The van der Waals surface area contributed by atoms with Crippen molar-refractivity contribution in [2.75, 3.05) is 0 Å². The summed E-state index contributed by atoms with van der Waals surface area (Å²) in [4.78, 5) is 14.0. The van der Waals surface area contributed by atoms with E-state index in [9.17, 15) is 4.79 Å². The minimum Gasteiger partial charge on any atom is -0.481 e. The number of oxazole rings is 1. The number of carboxylic acid groups (broad SMARTS) is 1. The second-order valence-corrected chi connectivity index (χ2v) is 2.41. The van der Waals surface area contributed by atoms with Crippen molar-refractivity contribution in [3.8, 4) is 0 Å². The van der Waals surface area contributed by atoms with E-state index in [1.54, 1.807) is 6.92 Å². The molecule has 0 amide bonds. The maximum Gasteiger partial charge on any atom is 0.306 e. The number of hydrogen-bond donors (Lipinski definition) is 1.